The number of ether oxygens (including phenoxy) is 1. The fraction of sp³-hybridized carbons (Fsp3) is 0.0714. The largest absolute Gasteiger partial charge is 0.457 e. The highest BCUT2D eigenvalue weighted by atomic mass is 16.6. The van der Waals surface area contributed by atoms with E-state index in [1.807, 2.05) is 6.07 Å². The van der Waals surface area contributed by atoms with E-state index in [-0.39, 0.29) is 11.3 Å². The minimum absolute atomic E-state index is 0.00180. The van der Waals surface area contributed by atoms with Gasteiger partial charge in [-0.25, -0.2) is 0 Å². The first-order valence-electron chi connectivity index (χ1n) is 5.79. The van der Waals surface area contributed by atoms with Crippen LogP contribution in [0.5, 0.6) is 11.5 Å². The van der Waals surface area contributed by atoms with Gasteiger partial charge in [0.1, 0.15) is 23.1 Å². The minimum atomic E-state index is -0.609. The highest BCUT2D eigenvalue weighted by molar-refractivity contribution is 5.53. The van der Waals surface area contributed by atoms with Gasteiger partial charge in [0.2, 0.25) is 0 Å². The maximum absolute atomic E-state index is 10.9. The Labute approximate surface area is 115 Å². The summed E-state index contributed by atoms with van der Waals surface area (Å²) in [6.07, 6.45) is 0. The molecule has 0 aliphatic carbocycles. The van der Waals surface area contributed by atoms with Gasteiger partial charge in [0.15, 0.2) is 0 Å². The minimum Gasteiger partial charge on any atom is -0.457 e. The fourth-order valence-electron chi connectivity index (χ4n) is 1.69. The molecule has 0 fully saturated rings. The van der Waals surface area contributed by atoms with Crippen LogP contribution in [0.4, 0.5) is 5.69 Å². The summed E-state index contributed by atoms with van der Waals surface area (Å²) in [5.41, 5.74) is 6.15. The molecule has 0 spiro atoms. The van der Waals surface area contributed by atoms with Crippen LogP contribution in [0.15, 0.2) is 42.5 Å². The Bertz CT molecular complexity index is 692. The second-order valence-electron chi connectivity index (χ2n) is 4.00. The van der Waals surface area contributed by atoms with Crippen molar-refractivity contribution in [3.8, 4) is 17.6 Å². The summed E-state index contributed by atoms with van der Waals surface area (Å²) >= 11 is 0. The van der Waals surface area contributed by atoms with E-state index in [0.717, 1.165) is 5.56 Å². The molecule has 0 bridgehead atoms. The maximum atomic E-state index is 10.9. The van der Waals surface area contributed by atoms with E-state index >= 15 is 0 Å². The number of benzene rings is 2. The summed E-state index contributed by atoms with van der Waals surface area (Å²) in [4.78, 5) is 10.3. The van der Waals surface area contributed by atoms with E-state index in [4.69, 9.17) is 15.7 Å². The highest BCUT2D eigenvalue weighted by Crippen LogP contribution is 2.28. The molecule has 6 nitrogen and oxygen atoms in total. The SMILES string of the molecule is N#Cc1ccc(Oc2cccc(CN)c2)cc1[N+](=O)[O-]. The summed E-state index contributed by atoms with van der Waals surface area (Å²) in [7, 11) is 0. The lowest BCUT2D eigenvalue weighted by Gasteiger charge is -2.07. The summed E-state index contributed by atoms with van der Waals surface area (Å²) in [6, 6.07) is 13.0. The Hall–Kier alpha value is -2.91. The smallest absolute Gasteiger partial charge is 0.290 e. The van der Waals surface area contributed by atoms with Crippen LogP contribution >= 0.6 is 0 Å². The fourth-order valence-corrected chi connectivity index (χ4v) is 1.69. The normalized spacial score (nSPS) is 9.80. The third-order valence-corrected chi connectivity index (χ3v) is 2.66. The van der Waals surface area contributed by atoms with Crippen molar-refractivity contribution in [3.05, 3.63) is 63.7 Å². The Morgan fingerprint density at radius 3 is 2.65 bits per heavy atom. The number of hydrogen-bond donors (Lipinski definition) is 1. The lowest BCUT2D eigenvalue weighted by atomic mass is 10.2. The topological polar surface area (TPSA) is 102 Å². The molecule has 2 aromatic carbocycles. The second kappa shape index (κ2) is 5.82. The molecule has 0 aliphatic rings. The van der Waals surface area contributed by atoms with Gasteiger partial charge in [-0.15, -0.1) is 0 Å². The van der Waals surface area contributed by atoms with E-state index in [9.17, 15) is 10.1 Å². The summed E-state index contributed by atoms with van der Waals surface area (Å²) in [5, 5.41) is 19.7. The Balaban J connectivity index is 2.32. The van der Waals surface area contributed by atoms with Crippen molar-refractivity contribution in [2.75, 3.05) is 0 Å². The van der Waals surface area contributed by atoms with Crippen molar-refractivity contribution in [1.82, 2.24) is 0 Å². The number of nitriles is 1. The van der Waals surface area contributed by atoms with Crippen LogP contribution in [0.2, 0.25) is 0 Å². The van der Waals surface area contributed by atoms with Crippen molar-refractivity contribution in [3.63, 3.8) is 0 Å². The molecular formula is C14H11N3O3. The number of hydrogen-bond acceptors (Lipinski definition) is 5. The predicted molar refractivity (Wildman–Crippen MR) is 72.2 cm³/mol. The second-order valence-corrected chi connectivity index (χ2v) is 4.00. The molecule has 2 N–H and O–H groups in total. The quantitative estimate of drug-likeness (QED) is 0.679. The van der Waals surface area contributed by atoms with Crippen molar-refractivity contribution in [1.29, 1.82) is 5.26 Å². The Kier molecular flexibility index (Phi) is 3.93. The van der Waals surface area contributed by atoms with Crippen LogP contribution < -0.4 is 10.5 Å². The number of nitro groups is 1. The molecular weight excluding hydrogens is 258 g/mol. The first kappa shape index (κ1) is 13.5. The molecule has 2 rings (SSSR count). The maximum Gasteiger partial charge on any atom is 0.290 e. The molecule has 0 aromatic heterocycles. The number of rotatable bonds is 4. The Morgan fingerprint density at radius 2 is 2.00 bits per heavy atom. The number of nitro benzene ring substituents is 1. The molecule has 0 saturated heterocycles. The highest BCUT2D eigenvalue weighted by Gasteiger charge is 2.15. The first-order chi connectivity index (χ1) is 9.63. The molecule has 6 heteroatoms. The van der Waals surface area contributed by atoms with Gasteiger partial charge in [-0.1, -0.05) is 12.1 Å². The molecule has 0 saturated carbocycles. The molecule has 20 heavy (non-hydrogen) atoms. The average Bonchev–Trinajstić information content (AvgIpc) is 2.47. The number of nitrogens with zero attached hydrogens (tertiary/aromatic N) is 2. The molecule has 0 radical (unpaired) electrons. The van der Waals surface area contributed by atoms with Gasteiger partial charge in [-0.3, -0.25) is 10.1 Å². The van der Waals surface area contributed by atoms with Gasteiger partial charge >= 0.3 is 0 Å². The zero-order valence-electron chi connectivity index (χ0n) is 10.4. The first-order valence-corrected chi connectivity index (χ1v) is 5.79. The van der Waals surface area contributed by atoms with Crippen LogP contribution in [0, 0.1) is 21.4 Å². The third-order valence-electron chi connectivity index (χ3n) is 2.66. The van der Waals surface area contributed by atoms with Crippen LogP contribution in [0.25, 0.3) is 0 Å². The molecule has 0 heterocycles. The molecule has 0 amide bonds. The van der Waals surface area contributed by atoms with E-state index in [0.29, 0.717) is 18.0 Å². The van der Waals surface area contributed by atoms with Crippen molar-refractivity contribution < 1.29 is 9.66 Å². The van der Waals surface area contributed by atoms with Gasteiger partial charge in [-0.05, 0) is 29.8 Å². The van der Waals surface area contributed by atoms with E-state index in [1.54, 1.807) is 24.3 Å². The van der Waals surface area contributed by atoms with Crippen molar-refractivity contribution >= 4 is 5.69 Å². The Morgan fingerprint density at radius 1 is 1.25 bits per heavy atom. The van der Waals surface area contributed by atoms with Crippen LogP contribution in [-0.4, -0.2) is 4.92 Å². The molecule has 2 aromatic rings. The molecule has 0 aliphatic heterocycles. The lowest BCUT2D eigenvalue weighted by Crippen LogP contribution is -1.96. The van der Waals surface area contributed by atoms with Gasteiger partial charge in [0, 0.05) is 6.54 Å². The predicted octanol–water partition coefficient (Wildman–Crippen LogP) is 2.72. The van der Waals surface area contributed by atoms with Gasteiger partial charge in [0.25, 0.3) is 5.69 Å². The standard InChI is InChI=1S/C14H11N3O3/c15-8-10-2-1-3-12(6-10)20-13-5-4-11(9-16)14(7-13)17(18)19/h1-7H,8,15H2. The molecule has 0 unspecified atom stereocenters. The summed E-state index contributed by atoms with van der Waals surface area (Å²) in [5.74, 6) is 0.830. The summed E-state index contributed by atoms with van der Waals surface area (Å²) < 4.78 is 5.54. The number of nitrogens with two attached hydrogens (primary N) is 1. The van der Waals surface area contributed by atoms with Crippen LogP contribution in [0.1, 0.15) is 11.1 Å². The monoisotopic (exact) mass is 269 g/mol. The van der Waals surface area contributed by atoms with E-state index in [1.165, 1.54) is 18.2 Å². The summed E-state index contributed by atoms with van der Waals surface area (Å²) in [6.45, 7) is 0.380. The average molecular weight is 269 g/mol. The van der Waals surface area contributed by atoms with E-state index in [2.05, 4.69) is 0 Å². The lowest BCUT2D eigenvalue weighted by molar-refractivity contribution is -0.385. The van der Waals surface area contributed by atoms with Crippen LogP contribution in [-0.2, 0) is 6.54 Å². The molecule has 100 valence electrons. The zero-order chi connectivity index (χ0) is 14.5. The van der Waals surface area contributed by atoms with Crippen molar-refractivity contribution in [2.45, 2.75) is 6.54 Å². The van der Waals surface area contributed by atoms with Gasteiger partial charge in [0.05, 0.1) is 11.0 Å². The van der Waals surface area contributed by atoms with E-state index < -0.39 is 4.92 Å². The van der Waals surface area contributed by atoms with Gasteiger partial charge in [-0.2, -0.15) is 5.26 Å². The third kappa shape index (κ3) is 2.91. The zero-order valence-corrected chi connectivity index (χ0v) is 10.4. The molecule has 0 atom stereocenters. The van der Waals surface area contributed by atoms with Gasteiger partial charge < -0.3 is 10.5 Å². The van der Waals surface area contributed by atoms with Crippen LogP contribution in [0.3, 0.4) is 0 Å². The van der Waals surface area contributed by atoms with Crippen molar-refractivity contribution in [2.24, 2.45) is 5.73 Å².